The van der Waals surface area contributed by atoms with Gasteiger partial charge >= 0.3 is 0 Å². The molecule has 1 atom stereocenters. The summed E-state index contributed by atoms with van der Waals surface area (Å²) in [5.41, 5.74) is 0.980. The molecule has 2 fully saturated rings. The fourth-order valence-electron chi connectivity index (χ4n) is 3.28. The van der Waals surface area contributed by atoms with Gasteiger partial charge in [0.1, 0.15) is 0 Å². The molecule has 1 saturated carbocycles. The van der Waals surface area contributed by atoms with Gasteiger partial charge in [-0.3, -0.25) is 9.59 Å². The Hall–Kier alpha value is -1.84. The summed E-state index contributed by atoms with van der Waals surface area (Å²) in [6, 6.07) is 10.2. The molecule has 4 nitrogen and oxygen atoms in total. The van der Waals surface area contributed by atoms with Gasteiger partial charge in [0.05, 0.1) is 5.54 Å². The van der Waals surface area contributed by atoms with Crippen LogP contribution in [-0.4, -0.2) is 30.3 Å². The van der Waals surface area contributed by atoms with E-state index in [1.165, 1.54) is 5.56 Å². The van der Waals surface area contributed by atoms with Crippen molar-refractivity contribution in [1.82, 2.24) is 10.2 Å². The first-order valence-electron chi connectivity index (χ1n) is 7.72. The molecule has 4 heteroatoms. The van der Waals surface area contributed by atoms with Gasteiger partial charge in [0, 0.05) is 25.9 Å². The first-order valence-corrected chi connectivity index (χ1v) is 7.72. The lowest BCUT2D eigenvalue weighted by atomic mass is 9.71. The summed E-state index contributed by atoms with van der Waals surface area (Å²) in [7, 11) is 1.80. The van der Waals surface area contributed by atoms with E-state index in [4.69, 9.17) is 0 Å². The summed E-state index contributed by atoms with van der Waals surface area (Å²) in [5.74, 6) is -0.0568. The normalized spacial score (nSPS) is 24.3. The van der Waals surface area contributed by atoms with Gasteiger partial charge in [-0.15, -0.1) is 0 Å². The zero-order valence-electron chi connectivity index (χ0n) is 12.5. The molecule has 1 saturated heterocycles. The second-order valence-corrected chi connectivity index (χ2v) is 6.30. The van der Waals surface area contributed by atoms with E-state index >= 15 is 0 Å². The third-order valence-corrected chi connectivity index (χ3v) is 4.93. The Kier molecular flexibility index (Phi) is 3.70. The molecule has 0 bridgehead atoms. The second kappa shape index (κ2) is 5.51. The number of nitrogens with zero attached hydrogens (tertiary/aromatic N) is 1. The Morgan fingerprint density at radius 1 is 1.29 bits per heavy atom. The number of rotatable bonds is 3. The molecular formula is C17H22N2O2. The molecule has 1 unspecified atom stereocenters. The largest absolute Gasteiger partial charge is 0.346 e. The van der Waals surface area contributed by atoms with E-state index in [-0.39, 0.29) is 23.3 Å². The van der Waals surface area contributed by atoms with Gasteiger partial charge in [0.2, 0.25) is 11.8 Å². The highest BCUT2D eigenvalue weighted by Gasteiger charge is 2.41. The van der Waals surface area contributed by atoms with Crippen LogP contribution < -0.4 is 5.32 Å². The van der Waals surface area contributed by atoms with E-state index in [1.54, 1.807) is 11.9 Å². The highest BCUT2D eigenvalue weighted by atomic mass is 16.2. The van der Waals surface area contributed by atoms with Crippen LogP contribution in [0.15, 0.2) is 30.3 Å². The molecule has 2 amide bonds. The van der Waals surface area contributed by atoms with Gasteiger partial charge in [0.15, 0.2) is 0 Å². The van der Waals surface area contributed by atoms with E-state index in [0.717, 1.165) is 25.7 Å². The van der Waals surface area contributed by atoms with Crippen LogP contribution in [0.1, 0.15) is 37.7 Å². The monoisotopic (exact) mass is 286 g/mol. The maximum Gasteiger partial charge on any atom is 0.224 e. The minimum Gasteiger partial charge on any atom is -0.346 e. The van der Waals surface area contributed by atoms with Crippen LogP contribution in [0, 0.1) is 5.92 Å². The lowest BCUT2D eigenvalue weighted by Crippen LogP contribution is -2.53. The number of carbonyl (C=O) groups excluding carboxylic acids is 2. The molecule has 0 radical (unpaired) electrons. The fraction of sp³-hybridized carbons (Fsp3) is 0.529. The topological polar surface area (TPSA) is 49.4 Å². The molecule has 0 aromatic heterocycles. The van der Waals surface area contributed by atoms with E-state index in [0.29, 0.717) is 13.0 Å². The average molecular weight is 286 g/mol. The highest BCUT2D eigenvalue weighted by Crippen LogP contribution is 2.41. The summed E-state index contributed by atoms with van der Waals surface area (Å²) in [4.78, 5) is 26.0. The van der Waals surface area contributed by atoms with Crippen LogP contribution in [0.5, 0.6) is 0 Å². The lowest BCUT2D eigenvalue weighted by Gasteiger charge is -2.44. The summed E-state index contributed by atoms with van der Waals surface area (Å²) < 4.78 is 0. The van der Waals surface area contributed by atoms with Crippen molar-refractivity contribution in [2.45, 2.75) is 37.6 Å². The van der Waals surface area contributed by atoms with Crippen LogP contribution in [0.4, 0.5) is 0 Å². The van der Waals surface area contributed by atoms with Gasteiger partial charge in [-0.1, -0.05) is 30.3 Å². The van der Waals surface area contributed by atoms with Crippen molar-refractivity contribution >= 4 is 11.8 Å². The van der Waals surface area contributed by atoms with Crippen molar-refractivity contribution in [3.63, 3.8) is 0 Å². The molecule has 112 valence electrons. The molecule has 0 spiro atoms. The van der Waals surface area contributed by atoms with Crippen LogP contribution in [0.25, 0.3) is 0 Å². The highest BCUT2D eigenvalue weighted by molar-refractivity contribution is 5.87. The fourth-order valence-corrected chi connectivity index (χ4v) is 3.28. The number of likely N-dealkylation sites (tertiary alicyclic amines) is 1. The first kappa shape index (κ1) is 14.1. The van der Waals surface area contributed by atoms with Crippen molar-refractivity contribution in [3.8, 4) is 0 Å². The summed E-state index contributed by atoms with van der Waals surface area (Å²) in [6.07, 6.45) is 4.22. The maximum absolute atomic E-state index is 12.6. The molecule has 1 aromatic carbocycles. The van der Waals surface area contributed by atoms with Crippen molar-refractivity contribution in [2.24, 2.45) is 5.92 Å². The van der Waals surface area contributed by atoms with E-state index < -0.39 is 0 Å². The minimum absolute atomic E-state index is 0.0417. The SMILES string of the molecule is CN1CCC(C(=O)NC2(c3ccccc3)CCC2)CC1=O. The molecule has 1 aliphatic carbocycles. The molecule has 1 aliphatic heterocycles. The Morgan fingerprint density at radius 3 is 2.57 bits per heavy atom. The molecule has 3 rings (SSSR count). The van der Waals surface area contributed by atoms with Gasteiger partial charge in [-0.05, 0) is 31.2 Å². The van der Waals surface area contributed by atoms with E-state index in [9.17, 15) is 9.59 Å². The van der Waals surface area contributed by atoms with E-state index in [2.05, 4.69) is 17.4 Å². The van der Waals surface area contributed by atoms with Crippen molar-refractivity contribution in [3.05, 3.63) is 35.9 Å². The zero-order valence-corrected chi connectivity index (χ0v) is 12.5. The number of nitrogens with one attached hydrogen (secondary N) is 1. The quantitative estimate of drug-likeness (QED) is 0.924. The molecule has 1 aromatic rings. The Bertz CT molecular complexity index is 537. The molecule has 1 N–H and O–H groups in total. The lowest BCUT2D eigenvalue weighted by molar-refractivity contribution is -0.140. The Labute approximate surface area is 125 Å². The number of carbonyl (C=O) groups is 2. The molecule has 2 aliphatic rings. The van der Waals surface area contributed by atoms with Crippen LogP contribution in [0.3, 0.4) is 0 Å². The standard InChI is InChI=1S/C17H22N2O2/c1-19-11-8-13(12-15(19)20)16(21)18-17(9-5-10-17)14-6-3-2-4-7-14/h2-4,6-7,13H,5,8-12H2,1H3,(H,18,21). The minimum atomic E-state index is -0.204. The number of amides is 2. The van der Waals surface area contributed by atoms with Gasteiger partial charge < -0.3 is 10.2 Å². The van der Waals surface area contributed by atoms with Crippen molar-refractivity contribution in [1.29, 1.82) is 0 Å². The number of benzene rings is 1. The number of hydrogen-bond acceptors (Lipinski definition) is 2. The average Bonchev–Trinajstić information content (AvgIpc) is 2.46. The van der Waals surface area contributed by atoms with Crippen molar-refractivity contribution in [2.75, 3.05) is 13.6 Å². The predicted molar refractivity (Wildman–Crippen MR) is 80.5 cm³/mol. The smallest absolute Gasteiger partial charge is 0.224 e. The summed E-state index contributed by atoms with van der Waals surface area (Å²) >= 11 is 0. The Balaban J connectivity index is 1.70. The van der Waals surface area contributed by atoms with Gasteiger partial charge in [0.25, 0.3) is 0 Å². The van der Waals surface area contributed by atoms with E-state index in [1.807, 2.05) is 18.2 Å². The zero-order chi connectivity index (χ0) is 14.9. The maximum atomic E-state index is 12.6. The number of piperidine rings is 1. The molecular weight excluding hydrogens is 264 g/mol. The first-order chi connectivity index (χ1) is 10.1. The van der Waals surface area contributed by atoms with Crippen molar-refractivity contribution < 1.29 is 9.59 Å². The van der Waals surface area contributed by atoms with Crippen LogP contribution in [0.2, 0.25) is 0 Å². The summed E-state index contributed by atoms with van der Waals surface area (Å²) in [5, 5.41) is 3.24. The predicted octanol–water partition coefficient (Wildman–Crippen LogP) is 2.05. The third kappa shape index (κ3) is 2.67. The molecule has 1 heterocycles. The third-order valence-electron chi connectivity index (χ3n) is 4.93. The van der Waals surface area contributed by atoms with Gasteiger partial charge in [-0.2, -0.15) is 0 Å². The Morgan fingerprint density at radius 2 is 2.00 bits per heavy atom. The number of hydrogen-bond donors (Lipinski definition) is 1. The molecule has 21 heavy (non-hydrogen) atoms. The van der Waals surface area contributed by atoms with Gasteiger partial charge in [-0.25, -0.2) is 0 Å². The van der Waals surface area contributed by atoms with Crippen LogP contribution >= 0.6 is 0 Å². The summed E-state index contributed by atoms with van der Waals surface area (Å²) in [6.45, 7) is 0.676. The van der Waals surface area contributed by atoms with Crippen LogP contribution in [-0.2, 0) is 15.1 Å². The second-order valence-electron chi connectivity index (χ2n) is 6.30.